The molecule has 0 spiro atoms. The number of hydrogen-bond donors (Lipinski definition) is 4. The number of carbonyl (C=O) groups excluding carboxylic acids is 1. The van der Waals surface area contributed by atoms with Gasteiger partial charge in [0, 0.05) is 35.4 Å². The number of nitrogens with zero attached hydrogens (tertiary/aromatic N) is 4. The van der Waals surface area contributed by atoms with Crippen molar-refractivity contribution < 1.29 is 44.8 Å². The second kappa shape index (κ2) is 13.8. The molecule has 19 heteroatoms. The Morgan fingerprint density at radius 1 is 1.13 bits per heavy atom. The zero-order valence-corrected chi connectivity index (χ0v) is 29.3. The minimum absolute atomic E-state index is 0.0139. The van der Waals surface area contributed by atoms with Gasteiger partial charge in [-0.3, -0.25) is 9.82 Å². The number of rotatable bonds is 7. The Labute approximate surface area is 303 Å². The van der Waals surface area contributed by atoms with Crippen molar-refractivity contribution in [1.29, 1.82) is 0 Å². The number of nitrogens with one attached hydrogen (secondary N) is 3. The first-order valence-corrected chi connectivity index (χ1v) is 17.5. The van der Waals surface area contributed by atoms with Gasteiger partial charge in [0.05, 0.1) is 27.7 Å². The lowest BCUT2D eigenvalue weighted by atomic mass is 9.94. The first-order valence-electron chi connectivity index (χ1n) is 15.6. The summed E-state index contributed by atoms with van der Waals surface area (Å²) in [6.07, 6.45) is -5.97. The number of pyridine rings is 1. The van der Waals surface area contributed by atoms with Crippen LogP contribution < -0.4 is 10.0 Å². The summed E-state index contributed by atoms with van der Waals surface area (Å²) in [5.74, 6) is -0.434. The molecular formula is C34H27ClF7N7O3S. The maximum absolute atomic E-state index is 15.1. The van der Waals surface area contributed by atoms with Crippen LogP contribution in [0.1, 0.15) is 60.2 Å². The normalized spacial score (nSPS) is 15.1. The second-order valence-electron chi connectivity index (χ2n) is 12.7. The number of hydrogen-bond acceptors (Lipinski definition) is 6. The van der Waals surface area contributed by atoms with Gasteiger partial charge in [-0.15, -0.1) is 0 Å². The van der Waals surface area contributed by atoms with Crippen molar-refractivity contribution in [2.75, 3.05) is 11.0 Å². The van der Waals surface area contributed by atoms with Crippen LogP contribution in [0.2, 0.25) is 5.02 Å². The third-order valence-electron chi connectivity index (χ3n) is 8.09. The number of H-pyrrole nitrogens is 1. The summed E-state index contributed by atoms with van der Waals surface area (Å²) in [6, 6.07) is 5.42. The lowest BCUT2D eigenvalue weighted by Gasteiger charge is -2.23. The van der Waals surface area contributed by atoms with Gasteiger partial charge in [-0.1, -0.05) is 23.6 Å². The molecule has 0 bridgehead atoms. The van der Waals surface area contributed by atoms with Crippen molar-refractivity contribution in [3.8, 4) is 23.0 Å². The van der Waals surface area contributed by atoms with Gasteiger partial charge in [0.1, 0.15) is 39.6 Å². The van der Waals surface area contributed by atoms with Crippen LogP contribution in [-0.2, 0) is 35.9 Å². The molecule has 0 aliphatic heterocycles. The topological polar surface area (TPSA) is 138 Å². The summed E-state index contributed by atoms with van der Waals surface area (Å²) in [6.45, 7) is 2.81. The van der Waals surface area contributed by atoms with E-state index in [4.69, 9.17) is 11.6 Å². The Morgan fingerprint density at radius 3 is 2.45 bits per heavy atom. The molecule has 1 amide bonds. The fraction of sp³-hybridized carbons (Fsp3) is 0.294. The molecule has 0 radical (unpaired) electrons. The zero-order valence-electron chi connectivity index (χ0n) is 27.7. The van der Waals surface area contributed by atoms with Crippen molar-refractivity contribution in [3.63, 3.8) is 0 Å². The Balaban J connectivity index is 1.58. The number of carbonyl (C=O) groups is 1. The fourth-order valence-corrected chi connectivity index (χ4v) is 6.68. The predicted molar refractivity (Wildman–Crippen MR) is 181 cm³/mol. The minimum atomic E-state index is -5.17. The van der Waals surface area contributed by atoms with E-state index in [9.17, 15) is 36.1 Å². The molecule has 4 N–H and O–H groups in total. The van der Waals surface area contributed by atoms with E-state index in [0.29, 0.717) is 11.6 Å². The molecule has 53 heavy (non-hydrogen) atoms. The highest BCUT2D eigenvalue weighted by Crippen LogP contribution is 2.46. The van der Waals surface area contributed by atoms with E-state index in [1.807, 2.05) is 0 Å². The molecule has 5 aromatic rings. The summed E-state index contributed by atoms with van der Waals surface area (Å²) in [4.78, 5) is 18.5. The third kappa shape index (κ3) is 7.87. The summed E-state index contributed by atoms with van der Waals surface area (Å²) < 4.78 is 115. The zero-order chi connectivity index (χ0) is 38.6. The van der Waals surface area contributed by atoms with Crippen LogP contribution in [0.15, 0.2) is 42.5 Å². The molecule has 6 rings (SSSR count). The predicted octanol–water partition coefficient (Wildman–Crippen LogP) is 7.18. The smallest absolute Gasteiger partial charge is 0.378 e. The first-order chi connectivity index (χ1) is 24.7. The van der Waals surface area contributed by atoms with Crippen LogP contribution in [0.4, 0.5) is 41.3 Å². The van der Waals surface area contributed by atoms with Gasteiger partial charge < -0.3 is 10.4 Å². The fourth-order valence-electron chi connectivity index (χ4n) is 6.01. The average molecular weight is 782 g/mol. The average Bonchev–Trinajstić information content (AvgIpc) is 3.73. The number of alkyl halides is 5. The van der Waals surface area contributed by atoms with Crippen molar-refractivity contribution in [1.82, 2.24) is 30.3 Å². The molecule has 0 saturated heterocycles. The molecule has 2 unspecified atom stereocenters. The van der Waals surface area contributed by atoms with Crippen molar-refractivity contribution in [2.24, 2.45) is 0 Å². The van der Waals surface area contributed by atoms with Crippen LogP contribution in [0.5, 0.6) is 0 Å². The molecular weight excluding hydrogens is 755 g/mol. The number of fused-ring (bicyclic) bond motifs is 2. The Hall–Kier alpha value is -4.99. The summed E-state index contributed by atoms with van der Waals surface area (Å²) >= 11 is 6.50. The van der Waals surface area contributed by atoms with Gasteiger partial charge >= 0.3 is 12.2 Å². The molecule has 278 valence electrons. The largest absolute Gasteiger partial charge is 0.435 e. The maximum atomic E-state index is 15.1. The van der Waals surface area contributed by atoms with E-state index >= 15 is 8.78 Å². The van der Waals surface area contributed by atoms with E-state index in [-0.39, 0.29) is 48.9 Å². The Bertz CT molecular complexity index is 2340. The number of benzene rings is 2. The molecule has 2 aromatic carbocycles. The van der Waals surface area contributed by atoms with Gasteiger partial charge in [-0.05, 0) is 68.5 Å². The Kier molecular flexibility index (Phi) is 9.81. The van der Waals surface area contributed by atoms with Crippen molar-refractivity contribution in [2.45, 2.75) is 56.9 Å². The lowest BCUT2D eigenvalue weighted by molar-refractivity contribution is -0.142. The molecule has 1 aliphatic rings. The van der Waals surface area contributed by atoms with E-state index in [0.717, 1.165) is 12.1 Å². The molecule has 0 fully saturated rings. The van der Waals surface area contributed by atoms with Crippen LogP contribution in [0, 0.1) is 23.5 Å². The van der Waals surface area contributed by atoms with Crippen LogP contribution in [0.3, 0.4) is 0 Å². The second-order valence-corrected chi connectivity index (χ2v) is 14.2. The highest BCUT2D eigenvalue weighted by Gasteiger charge is 2.51. The monoisotopic (exact) mass is 781 g/mol. The third-order valence-corrected chi connectivity index (χ3v) is 8.89. The van der Waals surface area contributed by atoms with E-state index < -0.39 is 88.6 Å². The minimum Gasteiger partial charge on any atom is -0.378 e. The van der Waals surface area contributed by atoms with Gasteiger partial charge in [-0.2, -0.15) is 36.8 Å². The number of halogens is 8. The number of aromatic amines is 1. The lowest BCUT2D eigenvalue weighted by Crippen LogP contribution is -2.37. The van der Waals surface area contributed by atoms with Crippen LogP contribution >= 0.6 is 11.6 Å². The maximum Gasteiger partial charge on any atom is 0.435 e. The van der Waals surface area contributed by atoms with Crippen LogP contribution in [0.25, 0.3) is 22.0 Å². The van der Waals surface area contributed by atoms with Crippen molar-refractivity contribution in [3.05, 3.63) is 93.0 Å². The summed E-state index contributed by atoms with van der Waals surface area (Å²) in [5.41, 5.74) is -4.56. The standard InChI is InChI=1S/C34H27ClF7N7O3S/c1-32(2,51)10-8-19-4-5-20(21-6-7-23(35)25-27(21)45-46-30(25)48-53(3)52)26(43-19)24(14-16-12-17(36)15-18(37)13-16)44-31(50)49-29-22(9-11-33(29,38)39)28(47-49)34(40,41)42/h4-7,12-13,15,24,51H,9,11,14H2,1-3H3,(H,44,50)(H2,45,46,48). The number of anilines is 1. The first kappa shape index (κ1) is 37.8. The van der Waals surface area contributed by atoms with Gasteiger partial charge in [-0.25, -0.2) is 22.8 Å². The summed E-state index contributed by atoms with van der Waals surface area (Å²) in [7, 11) is -1.58. The quantitative estimate of drug-likeness (QED) is 0.102. The summed E-state index contributed by atoms with van der Waals surface area (Å²) in [5, 5.41) is 23.4. The highest BCUT2D eigenvalue weighted by molar-refractivity contribution is 7.85. The number of aromatic nitrogens is 5. The molecule has 3 aromatic heterocycles. The molecule has 2 atom stereocenters. The SMILES string of the molecule is CS(=O)Nc1n[nH]c2c(-c3ccc(C#CC(C)(C)O)nc3C(Cc3cc(F)cc(F)c3)NC(=O)n3nc(C(F)(F)F)c4c3C(F)(F)CC4)ccc(Cl)c12. The number of aliphatic hydroxyl groups is 1. The highest BCUT2D eigenvalue weighted by atomic mass is 35.5. The van der Waals surface area contributed by atoms with E-state index in [1.165, 1.54) is 44.4 Å². The number of amides is 1. The molecule has 10 nitrogen and oxygen atoms in total. The van der Waals surface area contributed by atoms with Crippen LogP contribution in [-0.4, -0.2) is 52.2 Å². The van der Waals surface area contributed by atoms with Gasteiger partial charge in [0.25, 0.3) is 5.92 Å². The Morgan fingerprint density at radius 2 is 1.81 bits per heavy atom. The van der Waals surface area contributed by atoms with E-state index in [2.05, 4.69) is 42.2 Å². The van der Waals surface area contributed by atoms with Crippen molar-refractivity contribution >= 4 is 45.3 Å². The molecule has 1 aliphatic carbocycles. The van der Waals surface area contributed by atoms with E-state index in [1.54, 1.807) is 0 Å². The van der Waals surface area contributed by atoms with Gasteiger partial charge in [0.15, 0.2) is 11.5 Å². The van der Waals surface area contributed by atoms with Gasteiger partial charge in [0.2, 0.25) is 0 Å². The molecule has 3 heterocycles. The molecule has 0 saturated carbocycles.